The highest BCUT2D eigenvalue weighted by molar-refractivity contribution is 4.99. The molecule has 0 heterocycles. The van der Waals surface area contributed by atoms with Crippen molar-refractivity contribution in [2.75, 3.05) is 0 Å². The zero-order valence-electron chi connectivity index (χ0n) is 14.5. The van der Waals surface area contributed by atoms with E-state index in [0.29, 0.717) is 0 Å². The molecular formula is C18H32O4. The maximum absolute atomic E-state index is 8.90. The van der Waals surface area contributed by atoms with Gasteiger partial charge in [-0.25, -0.2) is 0 Å². The van der Waals surface area contributed by atoms with Crippen molar-refractivity contribution in [3.8, 4) is 0 Å². The van der Waals surface area contributed by atoms with Gasteiger partial charge < -0.3 is 19.7 Å². The molecular weight excluding hydrogens is 280 g/mol. The van der Waals surface area contributed by atoms with Gasteiger partial charge in [0.2, 0.25) is 0 Å². The molecule has 0 bridgehead atoms. The van der Waals surface area contributed by atoms with Gasteiger partial charge >= 0.3 is 0 Å². The highest BCUT2D eigenvalue weighted by Gasteiger charge is 2.08. The molecule has 0 aromatic carbocycles. The van der Waals surface area contributed by atoms with Crippen molar-refractivity contribution in [3.63, 3.8) is 0 Å². The number of aliphatic hydroxyl groups excluding tert-OH is 2. The van der Waals surface area contributed by atoms with Crippen molar-refractivity contribution >= 4 is 0 Å². The Bertz CT molecular complexity index is 333. The molecule has 2 unspecified atom stereocenters. The third-order valence-corrected chi connectivity index (χ3v) is 2.54. The summed E-state index contributed by atoms with van der Waals surface area (Å²) in [6.07, 6.45) is 2.54. The third kappa shape index (κ3) is 13.5. The number of ether oxygens (including phenoxy) is 2. The molecule has 0 aromatic heterocycles. The number of hydrogen-bond donors (Lipinski definition) is 2. The highest BCUT2D eigenvalue weighted by Crippen LogP contribution is 2.12. The van der Waals surface area contributed by atoms with Crippen molar-refractivity contribution in [1.82, 2.24) is 0 Å². The van der Waals surface area contributed by atoms with Crippen LogP contribution in [0.15, 0.2) is 49.4 Å². The Labute approximate surface area is 135 Å². The van der Waals surface area contributed by atoms with Crippen LogP contribution >= 0.6 is 0 Å². The zero-order chi connectivity index (χ0) is 17.7. The maximum Gasteiger partial charge on any atom is 0.125 e. The maximum atomic E-state index is 8.90. The van der Waals surface area contributed by atoms with Crippen LogP contribution in [-0.4, -0.2) is 22.4 Å². The molecule has 0 saturated heterocycles. The first-order valence-corrected chi connectivity index (χ1v) is 7.60. The molecule has 0 amide bonds. The molecule has 0 aromatic rings. The minimum atomic E-state index is -0.745. The number of hydrogen-bond acceptors (Lipinski definition) is 4. The van der Waals surface area contributed by atoms with Gasteiger partial charge in [0.15, 0.2) is 0 Å². The fourth-order valence-corrected chi connectivity index (χ4v) is 1.20. The summed E-state index contributed by atoms with van der Waals surface area (Å²) in [6, 6.07) is 0. The molecule has 2 atom stereocenters. The Morgan fingerprint density at radius 3 is 1.32 bits per heavy atom. The van der Waals surface area contributed by atoms with E-state index in [1.54, 1.807) is 0 Å². The van der Waals surface area contributed by atoms with Crippen molar-refractivity contribution in [2.45, 2.75) is 65.6 Å². The van der Waals surface area contributed by atoms with Gasteiger partial charge in [0.1, 0.15) is 23.7 Å². The lowest BCUT2D eigenvalue weighted by Crippen LogP contribution is -2.12. The lowest BCUT2D eigenvalue weighted by atomic mass is 10.3. The van der Waals surface area contributed by atoms with Crippen LogP contribution in [0.4, 0.5) is 0 Å². The van der Waals surface area contributed by atoms with Gasteiger partial charge in [0.05, 0.1) is 11.5 Å². The average Bonchev–Trinajstić information content (AvgIpc) is 2.39. The van der Waals surface area contributed by atoms with Crippen molar-refractivity contribution in [1.29, 1.82) is 0 Å². The van der Waals surface area contributed by atoms with E-state index < -0.39 is 12.2 Å². The van der Waals surface area contributed by atoms with E-state index >= 15 is 0 Å². The molecule has 0 saturated carbocycles. The first-order valence-electron chi connectivity index (χ1n) is 7.60. The highest BCUT2D eigenvalue weighted by atomic mass is 16.5. The predicted molar refractivity (Wildman–Crippen MR) is 91.9 cm³/mol. The smallest absolute Gasteiger partial charge is 0.125 e. The predicted octanol–water partition coefficient (Wildman–Crippen LogP) is 4.42. The molecule has 0 radical (unpaired) electrons. The molecule has 128 valence electrons. The van der Waals surface area contributed by atoms with E-state index in [1.807, 2.05) is 0 Å². The van der Waals surface area contributed by atoms with E-state index in [4.69, 9.17) is 19.7 Å². The van der Waals surface area contributed by atoms with Crippen LogP contribution in [0.3, 0.4) is 0 Å². The van der Waals surface area contributed by atoms with Gasteiger partial charge in [-0.1, -0.05) is 40.2 Å². The van der Waals surface area contributed by atoms with E-state index in [2.05, 4.69) is 40.2 Å². The Morgan fingerprint density at radius 1 is 0.773 bits per heavy atom. The molecule has 0 aliphatic carbocycles. The van der Waals surface area contributed by atoms with Crippen LogP contribution in [0.25, 0.3) is 0 Å². The largest absolute Gasteiger partial charge is 0.467 e. The van der Waals surface area contributed by atoms with Crippen LogP contribution in [0.5, 0.6) is 0 Å². The summed E-state index contributed by atoms with van der Waals surface area (Å²) in [5.74, 6) is 2.06. The standard InChI is InChI=1S/C10H18O.C8H14O3/c1-5-7-9(3)11-10(4)8-6-2;1-5(9)7(3)11-8(4)6(2)10/h3-8H2,1-2H3;5-6,9-10H,3-4H2,1-2H3. The SMILES string of the molecule is C=C(CCC)OC(=C)CCC.C=C(OC(=C)C(C)O)C(C)O. The number of aliphatic hydroxyl groups is 2. The first-order chi connectivity index (χ1) is 10.1. The minimum Gasteiger partial charge on any atom is -0.467 e. The fourth-order valence-electron chi connectivity index (χ4n) is 1.20. The van der Waals surface area contributed by atoms with Crippen LogP contribution in [0.2, 0.25) is 0 Å². The fraction of sp³-hybridized carbons (Fsp3) is 0.556. The monoisotopic (exact) mass is 312 g/mol. The molecule has 22 heavy (non-hydrogen) atoms. The summed E-state index contributed by atoms with van der Waals surface area (Å²) in [6.45, 7) is 21.7. The summed E-state index contributed by atoms with van der Waals surface area (Å²) in [7, 11) is 0. The van der Waals surface area contributed by atoms with E-state index in [-0.39, 0.29) is 11.5 Å². The van der Waals surface area contributed by atoms with Crippen molar-refractivity contribution in [2.24, 2.45) is 0 Å². The van der Waals surface area contributed by atoms with Gasteiger partial charge in [-0.05, 0) is 26.7 Å². The third-order valence-electron chi connectivity index (χ3n) is 2.54. The Kier molecular flexibility index (Phi) is 13.6. The molecule has 0 fully saturated rings. The van der Waals surface area contributed by atoms with E-state index in [9.17, 15) is 0 Å². The lowest BCUT2D eigenvalue weighted by Gasteiger charge is -2.14. The number of allylic oxidation sites excluding steroid dienone is 2. The van der Waals surface area contributed by atoms with Gasteiger partial charge in [0.25, 0.3) is 0 Å². The normalized spacial score (nSPS) is 12.3. The molecule has 0 spiro atoms. The molecule has 0 aliphatic heterocycles. The summed E-state index contributed by atoms with van der Waals surface area (Å²) in [5, 5.41) is 17.8. The lowest BCUT2D eigenvalue weighted by molar-refractivity contribution is 0.105. The average molecular weight is 312 g/mol. The summed E-state index contributed by atoms with van der Waals surface area (Å²) < 4.78 is 10.2. The second kappa shape index (κ2) is 13.2. The summed E-state index contributed by atoms with van der Waals surface area (Å²) in [4.78, 5) is 0. The van der Waals surface area contributed by atoms with Gasteiger partial charge in [-0.2, -0.15) is 0 Å². The van der Waals surface area contributed by atoms with Crippen molar-refractivity contribution < 1.29 is 19.7 Å². The second-order valence-electron chi connectivity index (χ2n) is 5.07. The van der Waals surface area contributed by atoms with Crippen LogP contribution in [0.1, 0.15) is 53.4 Å². The Balaban J connectivity index is 0. The van der Waals surface area contributed by atoms with Crippen molar-refractivity contribution in [3.05, 3.63) is 49.4 Å². The molecule has 0 aliphatic rings. The Hall–Kier alpha value is -1.52. The second-order valence-corrected chi connectivity index (χ2v) is 5.07. The quantitative estimate of drug-likeness (QED) is 0.586. The first kappa shape index (κ1) is 22.8. The summed E-state index contributed by atoms with van der Waals surface area (Å²) >= 11 is 0. The zero-order valence-corrected chi connectivity index (χ0v) is 14.5. The number of rotatable bonds is 10. The summed E-state index contributed by atoms with van der Waals surface area (Å²) in [5.41, 5.74) is 0. The van der Waals surface area contributed by atoms with Gasteiger partial charge in [0, 0.05) is 12.8 Å². The molecule has 0 rings (SSSR count). The molecule has 4 heteroatoms. The van der Waals surface area contributed by atoms with Gasteiger partial charge in [-0.15, -0.1) is 0 Å². The van der Waals surface area contributed by atoms with Crippen LogP contribution in [0, 0.1) is 0 Å². The topological polar surface area (TPSA) is 58.9 Å². The van der Waals surface area contributed by atoms with Crippen LogP contribution in [-0.2, 0) is 9.47 Å². The Morgan fingerprint density at radius 2 is 1.09 bits per heavy atom. The van der Waals surface area contributed by atoms with E-state index in [0.717, 1.165) is 37.2 Å². The van der Waals surface area contributed by atoms with E-state index in [1.165, 1.54) is 13.8 Å². The minimum absolute atomic E-state index is 0.191. The van der Waals surface area contributed by atoms with Gasteiger partial charge in [-0.3, -0.25) is 0 Å². The van der Waals surface area contributed by atoms with Crippen LogP contribution < -0.4 is 0 Å². The molecule has 4 nitrogen and oxygen atoms in total. The molecule has 2 N–H and O–H groups in total.